The van der Waals surface area contributed by atoms with Crippen molar-refractivity contribution in [1.29, 1.82) is 0 Å². The predicted octanol–water partition coefficient (Wildman–Crippen LogP) is 2.95. The molecule has 0 bridgehead atoms. The van der Waals surface area contributed by atoms with Gasteiger partial charge in [0.1, 0.15) is 5.76 Å². The lowest BCUT2D eigenvalue weighted by Crippen LogP contribution is -2.39. The molecule has 1 aliphatic rings. The van der Waals surface area contributed by atoms with E-state index < -0.39 is 0 Å². The molecule has 5 nitrogen and oxygen atoms in total. The highest BCUT2D eigenvalue weighted by atomic mass is 127. The van der Waals surface area contributed by atoms with Crippen molar-refractivity contribution in [3.05, 3.63) is 24.2 Å². The summed E-state index contributed by atoms with van der Waals surface area (Å²) in [5, 5.41) is 6.64. The summed E-state index contributed by atoms with van der Waals surface area (Å²) in [6, 6.07) is 3.90. The van der Waals surface area contributed by atoms with Crippen molar-refractivity contribution < 1.29 is 9.15 Å². The fourth-order valence-corrected chi connectivity index (χ4v) is 2.55. The van der Waals surface area contributed by atoms with E-state index in [2.05, 4.69) is 15.6 Å². The summed E-state index contributed by atoms with van der Waals surface area (Å²) in [6.07, 6.45) is 9.04. The van der Waals surface area contributed by atoms with E-state index in [1.807, 2.05) is 12.1 Å². The maximum Gasteiger partial charge on any atom is 0.190 e. The zero-order valence-electron chi connectivity index (χ0n) is 13.3. The summed E-state index contributed by atoms with van der Waals surface area (Å²) in [6.45, 7) is 2.69. The lowest BCUT2D eigenvalue weighted by molar-refractivity contribution is 0.0104. The fourth-order valence-electron chi connectivity index (χ4n) is 2.55. The van der Waals surface area contributed by atoms with Crippen LogP contribution in [0.2, 0.25) is 0 Å². The Balaban J connectivity index is 0.00000242. The van der Waals surface area contributed by atoms with E-state index in [0.29, 0.717) is 6.10 Å². The molecule has 2 rings (SSSR count). The molecule has 0 spiro atoms. The van der Waals surface area contributed by atoms with E-state index in [9.17, 15) is 0 Å². The number of hydrogen-bond acceptors (Lipinski definition) is 3. The summed E-state index contributed by atoms with van der Waals surface area (Å²) in [5.74, 6) is 1.85. The molecule has 1 aromatic heterocycles. The molecule has 2 heterocycles. The second-order valence-electron chi connectivity index (χ2n) is 5.39. The minimum Gasteiger partial charge on any atom is -0.469 e. The van der Waals surface area contributed by atoms with Crippen LogP contribution in [-0.2, 0) is 11.2 Å². The Kier molecular flexibility index (Phi) is 10.3. The Hall–Kier alpha value is -0.760. The molecule has 1 aliphatic heterocycles. The summed E-state index contributed by atoms with van der Waals surface area (Å²) in [7, 11) is 1.80. The van der Waals surface area contributed by atoms with Gasteiger partial charge in [0.2, 0.25) is 0 Å². The third kappa shape index (κ3) is 7.49. The first kappa shape index (κ1) is 19.3. The Morgan fingerprint density at radius 3 is 2.86 bits per heavy atom. The Morgan fingerprint density at radius 2 is 2.18 bits per heavy atom. The van der Waals surface area contributed by atoms with Crippen LogP contribution in [0.3, 0.4) is 0 Å². The number of aliphatic imine (C=N–C) groups is 1. The van der Waals surface area contributed by atoms with Gasteiger partial charge in [-0.3, -0.25) is 4.99 Å². The van der Waals surface area contributed by atoms with Crippen molar-refractivity contribution in [2.75, 3.05) is 26.7 Å². The van der Waals surface area contributed by atoms with Crippen molar-refractivity contribution in [2.45, 2.75) is 44.6 Å². The first-order chi connectivity index (χ1) is 10.4. The first-order valence-corrected chi connectivity index (χ1v) is 7.97. The quantitative estimate of drug-likeness (QED) is 0.308. The van der Waals surface area contributed by atoms with E-state index >= 15 is 0 Å². The number of hydrogen-bond donors (Lipinski definition) is 2. The van der Waals surface area contributed by atoms with Gasteiger partial charge in [-0.15, -0.1) is 24.0 Å². The molecule has 126 valence electrons. The van der Waals surface area contributed by atoms with Crippen molar-refractivity contribution in [3.63, 3.8) is 0 Å². The third-order valence-corrected chi connectivity index (χ3v) is 3.74. The lowest BCUT2D eigenvalue weighted by atomic mass is 10.0. The van der Waals surface area contributed by atoms with E-state index in [1.165, 1.54) is 19.3 Å². The Labute approximate surface area is 150 Å². The molecule has 0 radical (unpaired) electrons. The molecule has 0 saturated carbocycles. The number of halogens is 1. The van der Waals surface area contributed by atoms with Crippen LogP contribution >= 0.6 is 24.0 Å². The van der Waals surface area contributed by atoms with Gasteiger partial charge in [0, 0.05) is 33.2 Å². The maximum atomic E-state index is 5.73. The van der Waals surface area contributed by atoms with Crippen LogP contribution in [-0.4, -0.2) is 38.8 Å². The smallest absolute Gasteiger partial charge is 0.190 e. The lowest BCUT2D eigenvalue weighted by Gasteiger charge is -2.22. The molecule has 1 atom stereocenters. The van der Waals surface area contributed by atoms with Gasteiger partial charge in [-0.1, -0.05) is 0 Å². The molecular weight excluding hydrogens is 393 g/mol. The number of guanidine groups is 1. The number of rotatable bonds is 7. The van der Waals surface area contributed by atoms with Crippen LogP contribution in [0.1, 0.15) is 37.9 Å². The predicted molar refractivity (Wildman–Crippen MR) is 100 cm³/mol. The van der Waals surface area contributed by atoms with E-state index in [0.717, 1.165) is 50.7 Å². The van der Waals surface area contributed by atoms with Crippen LogP contribution in [0.25, 0.3) is 0 Å². The van der Waals surface area contributed by atoms with Crippen molar-refractivity contribution >= 4 is 29.9 Å². The van der Waals surface area contributed by atoms with Gasteiger partial charge in [0.25, 0.3) is 0 Å². The summed E-state index contributed by atoms with van der Waals surface area (Å²) in [4.78, 5) is 4.22. The summed E-state index contributed by atoms with van der Waals surface area (Å²) < 4.78 is 11.0. The van der Waals surface area contributed by atoms with Gasteiger partial charge >= 0.3 is 0 Å². The Morgan fingerprint density at radius 1 is 1.32 bits per heavy atom. The number of nitrogens with one attached hydrogen (secondary N) is 2. The SMILES string of the molecule is CN=C(NCCCC1CCCCO1)NCCc1ccco1.I. The Bertz CT molecular complexity index is 404. The summed E-state index contributed by atoms with van der Waals surface area (Å²) >= 11 is 0. The highest BCUT2D eigenvalue weighted by molar-refractivity contribution is 14.0. The molecular formula is C16H28IN3O2. The van der Waals surface area contributed by atoms with Crippen LogP contribution < -0.4 is 10.6 Å². The van der Waals surface area contributed by atoms with E-state index in [1.54, 1.807) is 13.3 Å². The first-order valence-electron chi connectivity index (χ1n) is 7.97. The number of nitrogens with zero attached hydrogens (tertiary/aromatic N) is 1. The van der Waals surface area contributed by atoms with Gasteiger partial charge in [0.15, 0.2) is 5.96 Å². The zero-order valence-corrected chi connectivity index (χ0v) is 15.7. The number of furan rings is 1. The second kappa shape index (κ2) is 11.8. The largest absolute Gasteiger partial charge is 0.469 e. The van der Waals surface area contributed by atoms with Crippen LogP contribution in [0.5, 0.6) is 0 Å². The van der Waals surface area contributed by atoms with Gasteiger partial charge in [-0.05, 0) is 44.2 Å². The topological polar surface area (TPSA) is 58.8 Å². The number of ether oxygens (including phenoxy) is 1. The standard InChI is InChI=1S/C16H27N3O2.HI/c1-17-16(19-11-9-15-8-5-13-21-15)18-10-4-7-14-6-2-3-12-20-14;/h5,8,13-14H,2-4,6-7,9-12H2,1H3,(H2,17,18,19);1H. The molecule has 0 amide bonds. The van der Waals surface area contributed by atoms with E-state index in [4.69, 9.17) is 9.15 Å². The van der Waals surface area contributed by atoms with E-state index in [-0.39, 0.29) is 24.0 Å². The molecule has 0 aliphatic carbocycles. The molecule has 0 aromatic carbocycles. The molecule has 1 aromatic rings. The molecule has 22 heavy (non-hydrogen) atoms. The molecule has 6 heteroatoms. The normalized spacial score (nSPS) is 18.6. The van der Waals surface area contributed by atoms with Crippen LogP contribution in [0.4, 0.5) is 0 Å². The molecule has 1 fully saturated rings. The molecule has 1 unspecified atom stereocenters. The molecule has 2 N–H and O–H groups in total. The highest BCUT2D eigenvalue weighted by Gasteiger charge is 2.12. The van der Waals surface area contributed by atoms with Gasteiger partial charge in [-0.25, -0.2) is 0 Å². The minimum absolute atomic E-state index is 0. The van der Waals surface area contributed by atoms with Gasteiger partial charge in [-0.2, -0.15) is 0 Å². The van der Waals surface area contributed by atoms with Crippen LogP contribution in [0, 0.1) is 0 Å². The highest BCUT2D eigenvalue weighted by Crippen LogP contribution is 2.16. The van der Waals surface area contributed by atoms with Crippen molar-refractivity contribution in [1.82, 2.24) is 10.6 Å². The average molecular weight is 421 g/mol. The van der Waals surface area contributed by atoms with Gasteiger partial charge < -0.3 is 19.8 Å². The second-order valence-corrected chi connectivity index (χ2v) is 5.39. The summed E-state index contributed by atoms with van der Waals surface area (Å²) in [5.41, 5.74) is 0. The third-order valence-electron chi connectivity index (χ3n) is 3.74. The van der Waals surface area contributed by atoms with Crippen molar-refractivity contribution in [3.8, 4) is 0 Å². The zero-order chi connectivity index (χ0) is 14.8. The van der Waals surface area contributed by atoms with Gasteiger partial charge in [0.05, 0.1) is 12.4 Å². The fraction of sp³-hybridized carbons (Fsp3) is 0.688. The van der Waals surface area contributed by atoms with Crippen molar-refractivity contribution in [2.24, 2.45) is 4.99 Å². The van der Waals surface area contributed by atoms with Crippen LogP contribution in [0.15, 0.2) is 27.8 Å². The minimum atomic E-state index is 0. The monoisotopic (exact) mass is 421 g/mol. The maximum absolute atomic E-state index is 5.73. The average Bonchev–Trinajstić information content (AvgIpc) is 3.04. The molecule has 1 saturated heterocycles.